The van der Waals surface area contributed by atoms with Crippen LogP contribution in [-0.2, 0) is 25.5 Å². The summed E-state index contributed by atoms with van der Waals surface area (Å²) in [5.41, 5.74) is 0. The van der Waals surface area contributed by atoms with Crippen molar-refractivity contribution in [2.75, 3.05) is 0 Å². The molecule has 0 atom stereocenters. The Kier molecular flexibility index (Phi) is 11.8. The molecule has 0 saturated heterocycles. The van der Waals surface area contributed by atoms with Crippen molar-refractivity contribution < 1.29 is 25.5 Å². The molecule has 1 aliphatic rings. The summed E-state index contributed by atoms with van der Waals surface area (Å²) >= 11 is 1.76. The van der Waals surface area contributed by atoms with Gasteiger partial charge in [0.1, 0.15) is 0 Å². The average molecular weight is 290 g/mol. The Labute approximate surface area is 122 Å². The molecule has 0 aromatic rings. The van der Waals surface area contributed by atoms with Gasteiger partial charge < -0.3 is 0 Å². The van der Waals surface area contributed by atoms with Crippen molar-refractivity contribution in [3.05, 3.63) is 0 Å². The van der Waals surface area contributed by atoms with Crippen molar-refractivity contribution in [2.45, 2.75) is 70.6 Å². The summed E-state index contributed by atoms with van der Waals surface area (Å²) in [6.07, 6.45) is 14.2. The van der Waals surface area contributed by atoms with Crippen LogP contribution in [0.1, 0.15) is 70.6 Å². The SMILES string of the molecule is O=C([NH][Ti])C1CCCCCCCCCCC1.[SiH4]. The van der Waals surface area contributed by atoms with Gasteiger partial charge in [-0.2, -0.15) is 0 Å². The van der Waals surface area contributed by atoms with Crippen LogP contribution in [0.15, 0.2) is 0 Å². The molecule has 4 heteroatoms. The maximum atomic E-state index is 11.7. The Morgan fingerprint density at radius 2 is 1.18 bits per heavy atom. The third kappa shape index (κ3) is 8.17. The number of rotatable bonds is 1. The van der Waals surface area contributed by atoms with Gasteiger partial charge in [-0.3, -0.25) is 0 Å². The second kappa shape index (κ2) is 11.5. The molecule has 99 valence electrons. The van der Waals surface area contributed by atoms with Crippen molar-refractivity contribution in [3.63, 3.8) is 0 Å². The molecule has 0 unspecified atom stereocenters. The minimum Gasteiger partial charge on any atom is -0.0149 e. The van der Waals surface area contributed by atoms with E-state index in [0.717, 1.165) is 12.8 Å². The molecule has 0 radical (unpaired) electrons. The Hall–Kier alpha value is 0.401. The largest absolute Gasteiger partial charge is 0.0149 e. The van der Waals surface area contributed by atoms with E-state index in [9.17, 15) is 4.79 Å². The first-order valence-corrected chi connectivity index (χ1v) is 7.59. The average Bonchev–Trinajstić information content (AvgIpc) is 2.29. The minimum absolute atomic E-state index is 0. The van der Waals surface area contributed by atoms with E-state index in [4.69, 9.17) is 0 Å². The first kappa shape index (κ1) is 17.4. The third-order valence-corrected chi connectivity index (χ3v) is 3.98. The van der Waals surface area contributed by atoms with E-state index in [1.807, 2.05) is 0 Å². The van der Waals surface area contributed by atoms with Crippen molar-refractivity contribution >= 4 is 16.9 Å². The van der Waals surface area contributed by atoms with Crippen molar-refractivity contribution in [1.29, 1.82) is 0 Å². The van der Waals surface area contributed by atoms with Crippen molar-refractivity contribution in [1.82, 2.24) is 3.80 Å². The smallest absolute Gasteiger partial charge is 0.0149 e. The number of carbonyl (C=O) groups excluding carboxylic acids is 1. The Balaban J connectivity index is 0.00000256. The molecular weight excluding hydrogens is 262 g/mol. The van der Waals surface area contributed by atoms with Gasteiger partial charge in [0, 0.05) is 0 Å². The molecule has 0 bridgehead atoms. The van der Waals surface area contributed by atoms with Crippen molar-refractivity contribution in [2.24, 2.45) is 5.92 Å². The summed E-state index contributed by atoms with van der Waals surface area (Å²) in [6, 6.07) is 0. The van der Waals surface area contributed by atoms with Gasteiger partial charge in [0.05, 0.1) is 0 Å². The molecule has 17 heavy (non-hydrogen) atoms. The van der Waals surface area contributed by atoms with Gasteiger partial charge in [-0.15, -0.1) is 0 Å². The van der Waals surface area contributed by atoms with Gasteiger partial charge in [-0.05, 0) is 11.0 Å². The van der Waals surface area contributed by atoms with E-state index in [-0.39, 0.29) is 22.8 Å². The fraction of sp³-hybridized carbons (Fsp3) is 0.923. The van der Waals surface area contributed by atoms with Crippen LogP contribution in [0.3, 0.4) is 0 Å². The number of carbonyl (C=O) groups is 1. The van der Waals surface area contributed by atoms with Crippen LogP contribution < -0.4 is 3.80 Å². The zero-order valence-corrected chi connectivity index (χ0v) is 11.8. The number of hydrogen-bond donors (Lipinski definition) is 1. The van der Waals surface area contributed by atoms with E-state index in [1.54, 1.807) is 20.7 Å². The molecule has 1 N–H and O–H groups in total. The predicted molar refractivity (Wildman–Crippen MR) is 73.8 cm³/mol. The van der Waals surface area contributed by atoms with Crippen LogP contribution in [0.25, 0.3) is 0 Å². The monoisotopic (exact) mass is 290 g/mol. The third-order valence-electron chi connectivity index (χ3n) is 3.60. The molecule has 0 aliphatic heterocycles. The molecular formula is C13H28NOSiTi. The van der Waals surface area contributed by atoms with Crippen LogP contribution in [0.2, 0.25) is 0 Å². The van der Waals surface area contributed by atoms with E-state index >= 15 is 0 Å². The topological polar surface area (TPSA) is 29.1 Å². The first-order chi connectivity index (χ1) is 7.84. The summed E-state index contributed by atoms with van der Waals surface area (Å²) < 4.78 is 2.81. The number of amides is 1. The fourth-order valence-electron chi connectivity index (χ4n) is 2.53. The van der Waals surface area contributed by atoms with E-state index in [2.05, 4.69) is 3.80 Å². The van der Waals surface area contributed by atoms with Gasteiger partial charge in [0.25, 0.3) is 0 Å². The van der Waals surface area contributed by atoms with Gasteiger partial charge in [0.15, 0.2) is 0 Å². The Morgan fingerprint density at radius 3 is 1.53 bits per heavy atom. The van der Waals surface area contributed by atoms with Crippen LogP contribution in [0.5, 0.6) is 0 Å². The van der Waals surface area contributed by atoms with Gasteiger partial charge in [-0.25, -0.2) is 0 Å². The van der Waals surface area contributed by atoms with E-state index < -0.39 is 0 Å². The van der Waals surface area contributed by atoms with Gasteiger partial charge in [0.2, 0.25) is 0 Å². The Bertz CT molecular complexity index is 190. The van der Waals surface area contributed by atoms with Crippen LogP contribution in [-0.4, -0.2) is 16.9 Å². The number of nitrogens with one attached hydrogen (secondary N) is 1. The predicted octanol–water partition coefficient (Wildman–Crippen LogP) is 2.03. The maximum Gasteiger partial charge on any atom is -0.0149 e. The standard InChI is InChI=1S/C13H25NO.H4Si.Ti/c14-13(15)12-10-8-6-4-2-1-3-5-7-9-11-12;;/h12H,1-11H2,(H2,14,15);1H4;/q;;+1/p-1. The summed E-state index contributed by atoms with van der Waals surface area (Å²) in [6.45, 7) is 0. The van der Waals surface area contributed by atoms with Gasteiger partial charge in [-0.1, -0.05) is 0 Å². The zero-order chi connectivity index (χ0) is 11.6. The fourth-order valence-corrected chi connectivity index (χ4v) is 2.85. The molecule has 1 rings (SSSR count). The molecule has 0 heterocycles. The van der Waals surface area contributed by atoms with E-state index in [0.29, 0.717) is 0 Å². The summed E-state index contributed by atoms with van der Waals surface area (Å²) in [4.78, 5) is 11.7. The normalized spacial score (nSPS) is 20.4. The maximum absolute atomic E-state index is 11.7. The van der Waals surface area contributed by atoms with Crippen molar-refractivity contribution in [3.8, 4) is 0 Å². The molecule has 1 amide bonds. The minimum atomic E-state index is 0. The molecule has 1 fully saturated rings. The van der Waals surface area contributed by atoms with Crippen LogP contribution in [0, 0.1) is 5.92 Å². The molecule has 0 aromatic carbocycles. The van der Waals surface area contributed by atoms with Gasteiger partial charge >= 0.3 is 112 Å². The zero-order valence-electron chi connectivity index (χ0n) is 10.3. The van der Waals surface area contributed by atoms with Crippen LogP contribution >= 0.6 is 0 Å². The van der Waals surface area contributed by atoms with E-state index in [1.165, 1.54) is 57.8 Å². The molecule has 0 aromatic heterocycles. The quantitative estimate of drug-likeness (QED) is 0.736. The van der Waals surface area contributed by atoms with Crippen LogP contribution in [0.4, 0.5) is 0 Å². The first-order valence-electron chi connectivity index (χ1n) is 6.81. The summed E-state index contributed by atoms with van der Waals surface area (Å²) in [5.74, 6) is 0.543. The molecule has 0 spiro atoms. The second-order valence-corrected chi connectivity index (χ2v) is 5.34. The summed E-state index contributed by atoms with van der Waals surface area (Å²) in [7, 11) is 0. The second-order valence-electron chi connectivity index (χ2n) is 4.95. The molecule has 2 nitrogen and oxygen atoms in total. The molecule has 1 saturated carbocycles. The molecule has 1 aliphatic carbocycles. The number of hydrogen-bond acceptors (Lipinski definition) is 1. The summed E-state index contributed by atoms with van der Waals surface area (Å²) in [5, 5.41) is 0. The Morgan fingerprint density at radius 1 is 0.824 bits per heavy atom.